The van der Waals surface area contributed by atoms with Crippen molar-refractivity contribution < 1.29 is 4.79 Å². The van der Waals surface area contributed by atoms with Gasteiger partial charge in [-0.3, -0.25) is 9.69 Å². The molecule has 6 heteroatoms. The van der Waals surface area contributed by atoms with Crippen molar-refractivity contribution in [2.45, 2.75) is 39.2 Å². The largest absolute Gasteiger partial charge is 0.304 e. The van der Waals surface area contributed by atoms with E-state index >= 15 is 0 Å². The van der Waals surface area contributed by atoms with E-state index in [9.17, 15) is 4.79 Å². The summed E-state index contributed by atoms with van der Waals surface area (Å²) in [5.41, 5.74) is 2.37. The van der Waals surface area contributed by atoms with E-state index in [1.54, 1.807) is 18.3 Å². The van der Waals surface area contributed by atoms with E-state index in [4.69, 9.17) is 0 Å². The van der Waals surface area contributed by atoms with Crippen molar-refractivity contribution in [2.75, 3.05) is 13.1 Å². The number of thiazole rings is 1. The first-order chi connectivity index (χ1) is 12.7. The molecule has 26 heavy (non-hydrogen) atoms. The Morgan fingerprint density at radius 1 is 1.35 bits per heavy atom. The zero-order valence-electron chi connectivity index (χ0n) is 15.1. The van der Waals surface area contributed by atoms with Crippen molar-refractivity contribution in [2.24, 2.45) is 5.92 Å². The van der Waals surface area contributed by atoms with E-state index in [2.05, 4.69) is 43.7 Å². The quantitative estimate of drug-likeness (QED) is 0.669. The third-order valence-electron chi connectivity index (χ3n) is 4.99. The summed E-state index contributed by atoms with van der Waals surface area (Å²) >= 11 is 1.68. The van der Waals surface area contributed by atoms with Crippen molar-refractivity contribution in [1.29, 1.82) is 0 Å². The highest BCUT2D eigenvalue weighted by Crippen LogP contribution is 2.24. The summed E-state index contributed by atoms with van der Waals surface area (Å²) in [7, 11) is 0. The van der Waals surface area contributed by atoms with Gasteiger partial charge in [-0.25, -0.2) is 9.97 Å². The van der Waals surface area contributed by atoms with Crippen LogP contribution in [0.1, 0.15) is 35.3 Å². The highest BCUT2D eigenvalue weighted by atomic mass is 32.1. The number of likely N-dealkylation sites (tertiary alicyclic amines) is 1. The molecule has 4 heterocycles. The third kappa shape index (κ3) is 4.02. The van der Waals surface area contributed by atoms with Gasteiger partial charge in [-0.2, -0.15) is 0 Å². The molecule has 0 saturated carbocycles. The van der Waals surface area contributed by atoms with Gasteiger partial charge in [0.15, 0.2) is 0 Å². The monoisotopic (exact) mass is 368 g/mol. The lowest BCUT2D eigenvalue weighted by atomic mass is 9.93. The van der Waals surface area contributed by atoms with Crippen molar-refractivity contribution in [3.8, 4) is 0 Å². The van der Waals surface area contributed by atoms with E-state index in [0.29, 0.717) is 12.3 Å². The molecule has 1 saturated heterocycles. The Bertz CT molecular complexity index is 900. The first-order valence-electron chi connectivity index (χ1n) is 9.24. The van der Waals surface area contributed by atoms with Crippen LogP contribution in [0, 0.1) is 5.92 Å². The molecule has 0 N–H and O–H groups in total. The Hall–Kier alpha value is -2.05. The molecule has 1 atom stereocenters. The number of imidazole rings is 1. The molecule has 0 aliphatic carbocycles. The second-order valence-electron chi connectivity index (χ2n) is 7.22. The van der Waals surface area contributed by atoms with E-state index in [-0.39, 0.29) is 5.78 Å². The molecule has 3 aromatic rings. The van der Waals surface area contributed by atoms with Crippen LogP contribution in [0.25, 0.3) is 5.65 Å². The van der Waals surface area contributed by atoms with Crippen molar-refractivity contribution in [3.63, 3.8) is 0 Å². The number of pyridine rings is 1. The second-order valence-corrected chi connectivity index (χ2v) is 8.42. The molecule has 5 nitrogen and oxygen atoms in total. The maximum absolute atomic E-state index is 11.3. The minimum absolute atomic E-state index is 0.178. The van der Waals surface area contributed by atoms with Gasteiger partial charge in [-0.1, -0.05) is 6.07 Å². The van der Waals surface area contributed by atoms with Gasteiger partial charge in [-0.05, 0) is 50.8 Å². The summed E-state index contributed by atoms with van der Waals surface area (Å²) < 4.78 is 2.20. The Morgan fingerprint density at radius 3 is 3.15 bits per heavy atom. The number of carbonyl (C=O) groups is 1. The molecule has 1 fully saturated rings. The fraction of sp³-hybridized carbons (Fsp3) is 0.450. The number of aromatic nitrogens is 3. The summed E-state index contributed by atoms with van der Waals surface area (Å²) in [6, 6.07) is 6.37. The Labute approximate surface area is 157 Å². The predicted molar refractivity (Wildman–Crippen MR) is 103 cm³/mol. The van der Waals surface area contributed by atoms with Gasteiger partial charge in [-0.15, -0.1) is 11.3 Å². The molecule has 1 aliphatic rings. The van der Waals surface area contributed by atoms with E-state index in [0.717, 1.165) is 36.7 Å². The average Bonchev–Trinajstić information content (AvgIpc) is 3.25. The molecule has 136 valence electrons. The number of hydrogen-bond donors (Lipinski definition) is 0. The summed E-state index contributed by atoms with van der Waals surface area (Å²) in [6.07, 6.45) is 9.93. The van der Waals surface area contributed by atoms with Crippen molar-refractivity contribution >= 4 is 22.8 Å². The standard InChI is InChI=1S/C20H24N4OS/c1-15(25)10-20-22-12-18(26-20)14-23-8-3-4-16(13-23)11-17-5-2-6-19-21-7-9-24(17)19/h2,5-7,9,12,16H,3-4,8,10-11,13-14H2,1H3. The highest BCUT2D eigenvalue weighted by Gasteiger charge is 2.21. The van der Waals surface area contributed by atoms with Crippen LogP contribution in [0.2, 0.25) is 0 Å². The predicted octanol–water partition coefficient (Wildman–Crippen LogP) is 3.38. The van der Waals surface area contributed by atoms with Gasteiger partial charge < -0.3 is 4.40 Å². The van der Waals surface area contributed by atoms with E-state index < -0.39 is 0 Å². The van der Waals surface area contributed by atoms with E-state index in [1.807, 2.05) is 12.4 Å². The lowest BCUT2D eigenvalue weighted by Crippen LogP contribution is -2.35. The number of fused-ring (bicyclic) bond motifs is 1. The molecule has 1 aliphatic heterocycles. The fourth-order valence-corrected chi connectivity index (χ4v) is 4.90. The normalized spacial score (nSPS) is 18.4. The molecular weight excluding hydrogens is 344 g/mol. The second kappa shape index (κ2) is 7.68. The van der Waals surface area contributed by atoms with Gasteiger partial charge in [0, 0.05) is 42.3 Å². The van der Waals surface area contributed by atoms with Crippen molar-refractivity contribution in [1.82, 2.24) is 19.3 Å². The minimum Gasteiger partial charge on any atom is -0.304 e. The maximum atomic E-state index is 11.3. The maximum Gasteiger partial charge on any atom is 0.136 e. The number of Topliss-reactive ketones (excluding diaryl/α,β-unsaturated/α-hetero) is 1. The molecule has 0 aromatic carbocycles. The zero-order valence-corrected chi connectivity index (χ0v) is 15.9. The van der Waals surface area contributed by atoms with Crippen molar-refractivity contribution in [3.05, 3.63) is 52.4 Å². The Morgan fingerprint density at radius 2 is 2.27 bits per heavy atom. The topological polar surface area (TPSA) is 50.5 Å². The number of carbonyl (C=O) groups excluding carboxylic acids is 1. The number of nitrogens with zero attached hydrogens (tertiary/aromatic N) is 4. The van der Waals surface area contributed by atoms with Gasteiger partial charge >= 0.3 is 0 Å². The summed E-state index contributed by atoms with van der Waals surface area (Å²) in [6.45, 7) is 4.83. The molecule has 1 unspecified atom stereocenters. The molecule has 0 amide bonds. The third-order valence-corrected chi connectivity index (χ3v) is 5.98. The Kier molecular flexibility index (Phi) is 5.13. The van der Waals surface area contributed by atoms with Crippen LogP contribution >= 0.6 is 11.3 Å². The summed E-state index contributed by atoms with van der Waals surface area (Å²) in [4.78, 5) is 23.8. The van der Waals surface area contributed by atoms with Gasteiger partial charge in [0.25, 0.3) is 0 Å². The zero-order chi connectivity index (χ0) is 17.9. The Balaban J connectivity index is 1.39. The molecular formula is C20H24N4OS. The SMILES string of the molecule is CC(=O)Cc1ncc(CN2CCCC(Cc3cccc4nccn34)C2)s1. The number of ketones is 1. The summed E-state index contributed by atoms with van der Waals surface area (Å²) in [5.74, 6) is 0.846. The molecule has 0 bridgehead atoms. The van der Waals surface area contributed by atoms with Gasteiger partial charge in [0.2, 0.25) is 0 Å². The fourth-order valence-electron chi connectivity index (χ4n) is 3.87. The average molecular weight is 369 g/mol. The van der Waals surface area contributed by atoms with Gasteiger partial charge in [0.05, 0.1) is 6.42 Å². The smallest absolute Gasteiger partial charge is 0.136 e. The van der Waals surface area contributed by atoms with Crippen LogP contribution < -0.4 is 0 Å². The lowest BCUT2D eigenvalue weighted by molar-refractivity contribution is -0.116. The highest BCUT2D eigenvalue weighted by molar-refractivity contribution is 7.11. The number of hydrogen-bond acceptors (Lipinski definition) is 5. The number of rotatable bonds is 6. The molecule has 4 rings (SSSR count). The van der Waals surface area contributed by atoms with E-state index in [1.165, 1.54) is 23.4 Å². The van der Waals surface area contributed by atoms with Crippen LogP contribution in [0.4, 0.5) is 0 Å². The van der Waals surface area contributed by atoms with Crippen LogP contribution in [0.15, 0.2) is 36.8 Å². The van der Waals surface area contributed by atoms with Crippen LogP contribution in [0.5, 0.6) is 0 Å². The molecule has 3 aromatic heterocycles. The minimum atomic E-state index is 0.178. The summed E-state index contributed by atoms with van der Waals surface area (Å²) in [5, 5.41) is 0.938. The molecule has 0 radical (unpaired) electrons. The van der Waals surface area contributed by atoms with Crippen LogP contribution in [0.3, 0.4) is 0 Å². The number of piperidine rings is 1. The van der Waals surface area contributed by atoms with Gasteiger partial charge in [0.1, 0.15) is 16.4 Å². The van der Waals surface area contributed by atoms with Crippen LogP contribution in [-0.2, 0) is 24.2 Å². The first-order valence-corrected chi connectivity index (χ1v) is 10.1. The van der Waals surface area contributed by atoms with Crippen LogP contribution in [-0.4, -0.2) is 38.1 Å². The lowest BCUT2D eigenvalue weighted by Gasteiger charge is -2.32. The molecule has 0 spiro atoms. The first kappa shape index (κ1) is 17.4.